The van der Waals surface area contributed by atoms with E-state index in [4.69, 9.17) is 9.47 Å². The number of halogens is 2. The number of carbonyl (C=O) groups excluding carboxylic acids is 2. The molecule has 0 aromatic heterocycles. The molecule has 1 amide bonds. The second-order valence-corrected chi connectivity index (χ2v) is 5.23. The van der Waals surface area contributed by atoms with Crippen molar-refractivity contribution in [3.05, 3.63) is 65.2 Å². The molecule has 2 aromatic carbocycles. The lowest BCUT2D eigenvalue weighted by molar-refractivity contribution is -0.142. The molecule has 132 valence electrons. The van der Waals surface area contributed by atoms with E-state index in [1.165, 1.54) is 14.2 Å². The molecule has 0 aliphatic rings. The van der Waals surface area contributed by atoms with E-state index in [9.17, 15) is 18.4 Å². The van der Waals surface area contributed by atoms with E-state index in [1.807, 2.05) is 0 Å². The van der Waals surface area contributed by atoms with Crippen molar-refractivity contribution >= 4 is 11.9 Å². The van der Waals surface area contributed by atoms with Crippen LogP contribution in [-0.2, 0) is 16.0 Å². The number of methoxy groups -OCH3 is 2. The first-order valence-corrected chi connectivity index (χ1v) is 7.41. The van der Waals surface area contributed by atoms with Gasteiger partial charge in [-0.05, 0) is 35.9 Å². The number of hydrogen-bond acceptors (Lipinski definition) is 4. The smallest absolute Gasteiger partial charge is 0.328 e. The van der Waals surface area contributed by atoms with E-state index in [1.54, 1.807) is 24.3 Å². The third-order valence-electron chi connectivity index (χ3n) is 3.57. The fraction of sp³-hybridized carbons (Fsp3) is 0.222. The van der Waals surface area contributed by atoms with Crippen molar-refractivity contribution in [1.82, 2.24) is 5.32 Å². The maximum Gasteiger partial charge on any atom is 0.328 e. The number of hydrogen-bond donors (Lipinski definition) is 1. The number of esters is 1. The molecule has 5 nitrogen and oxygen atoms in total. The van der Waals surface area contributed by atoms with Crippen molar-refractivity contribution in [1.29, 1.82) is 0 Å². The van der Waals surface area contributed by atoms with Crippen LogP contribution in [0, 0.1) is 11.6 Å². The summed E-state index contributed by atoms with van der Waals surface area (Å²) in [6.45, 7) is 0. The Kier molecular flexibility index (Phi) is 6.05. The molecule has 0 radical (unpaired) electrons. The van der Waals surface area contributed by atoms with Crippen LogP contribution in [0.1, 0.15) is 15.9 Å². The molecule has 2 rings (SSSR count). The fourth-order valence-electron chi connectivity index (χ4n) is 2.21. The van der Waals surface area contributed by atoms with Crippen molar-refractivity contribution in [2.75, 3.05) is 14.2 Å². The lowest BCUT2D eigenvalue weighted by Gasteiger charge is -2.17. The summed E-state index contributed by atoms with van der Waals surface area (Å²) in [7, 11) is 2.74. The Bertz CT molecular complexity index is 762. The van der Waals surface area contributed by atoms with Crippen LogP contribution >= 0.6 is 0 Å². The molecule has 0 saturated carbocycles. The Labute approximate surface area is 143 Å². The van der Waals surface area contributed by atoms with Crippen molar-refractivity contribution in [3.8, 4) is 5.75 Å². The van der Waals surface area contributed by atoms with E-state index < -0.39 is 29.6 Å². The predicted octanol–water partition coefficient (Wildman–Crippen LogP) is 2.49. The van der Waals surface area contributed by atoms with Crippen molar-refractivity contribution in [2.45, 2.75) is 12.5 Å². The van der Waals surface area contributed by atoms with Gasteiger partial charge < -0.3 is 14.8 Å². The fourth-order valence-corrected chi connectivity index (χ4v) is 2.21. The third-order valence-corrected chi connectivity index (χ3v) is 3.57. The Hall–Kier alpha value is -2.96. The zero-order valence-electron chi connectivity index (χ0n) is 13.7. The second-order valence-electron chi connectivity index (χ2n) is 5.23. The van der Waals surface area contributed by atoms with E-state index in [0.29, 0.717) is 5.75 Å². The number of nitrogens with one attached hydrogen (secondary N) is 1. The Balaban J connectivity index is 2.14. The highest BCUT2D eigenvalue weighted by Crippen LogP contribution is 2.14. The van der Waals surface area contributed by atoms with Gasteiger partial charge in [-0.3, -0.25) is 4.79 Å². The molecule has 0 aliphatic heterocycles. The van der Waals surface area contributed by atoms with Crippen LogP contribution in [0.15, 0.2) is 42.5 Å². The summed E-state index contributed by atoms with van der Waals surface area (Å²) in [5.41, 5.74) is 0.671. The molecular formula is C18H17F2NO4. The maximum absolute atomic E-state index is 13.3. The molecular weight excluding hydrogens is 332 g/mol. The van der Waals surface area contributed by atoms with Gasteiger partial charge in [0, 0.05) is 12.0 Å². The van der Waals surface area contributed by atoms with Crippen molar-refractivity contribution < 1.29 is 27.8 Å². The molecule has 0 spiro atoms. The summed E-state index contributed by atoms with van der Waals surface area (Å²) >= 11 is 0. The number of carbonyl (C=O) groups is 2. The van der Waals surface area contributed by atoms with Gasteiger partial charge in [-0.15, -0.1) is 0 Å². The van der Waals surface area contributed by atoms with Crippen LogP contribution < -0.4 is 10.1 Å². The van der Waals surface area contributed by atoms with E-state index >= 15 is 0 Å². The van der Waals surface area contributed by atoms with Gasteiger partial charge in [0.05, 0.1) is 14.2 Å². The van der Waals surface area contributed by atoms with Gasteiger partial charge in [0.1, 0.15) is 11.8 Å². The molecule has 0 bridgehead atoms. The maximum atomic E-state index is 13.3. The normalized spacial score (nSPS) is 11.5. The van der Waals surface area contributed by atoms with Crippen molar-refractivity contribution in [3.63, 3.8) is 0 Å². The lowest BCUT2D eigenvalue weighted by atomic mass is 10.0. The molecule has 2 aromatic rings. The van der Waals surface area contributed by atoms with Gasteiger partial charge in [0.2, 0.25) is 0 Å². The number of amides is 1. The summed E-state index contributed by atoms with van der Waals surface area (Å²) in [5.74, 6) is -2.89. The van der Waals surface area contributed by atoms with Crippen LogP contribution in [0.25, 0.3) is 0 Å². The highest BCUT2D eigenvalue weighted by Gasteiger charge is 2.23. The standard InChI is InChI=1S/C18H17F2NO4/c1-24-13-6-3-11(4-7-13)9-16(18(23)25-2)21-17(22)12-5-8-14(19)15(20)10-12/h3-8,10,16H,9H2,1-2H3,(H,21,22)/t16-/m0/s1. The molecule has 25 heavy (non-hydrogen) atoms. The van der Waals surface area contributed by atoms with Crippen LogP contribution in [0.3, 0.4) is 0 Å². The van der Waals surface area contributed by atoms with E-state index in [2.05, 4.69) is 5.32 Å². The first-order chi connectivity index (χ1) is 11.9. The summed E-state index contributed by atoms with van der Waals surface area (Å²) in [5, 5.41) is 2.47. The summed E-state index contributed by atoms with van der Waals surface area (Å²) in [6.07, 6.45) is 0.173. The van der Waals surface area contributed by atoms with Crippen LogP contribution in [0.5, 0.6) is 5.75 Å². The molecule has 0 saturated heterocycles. The average Bonchev–Trinajstić information content (AvgIpc) is 2.63. The Morgan fingerprint density at radius 3 is 2.28 bits per heavy atom. The van der Waals surface area contributed by atoms with E-state index in [0.717, 1.165) is 23.8 Å². The van der Waals surface area contributed by atoms with Gasteiger partial charge in [-0.1, -0.05) is 12.1 Å². The second kappa shape index (κ2) is 8.23. The van der Waals surface area contributed by atoms with Gasteiger partial charge in [-0.2, -0.15) is 0 Å². The first-order valence-electron chi connectivity index (χ1n) is 7.41. The van der Waals surface area contributed by atoms with Crippen LogP contribution in [-0.4, -0.2) is 32.1 Å². The van der Waals surface area contributed by atoms with Crippen LogP contribution in [0.2, 0.25) is 0 Å². The molecule has 0 aliphatic carbocycles. The third kappa shape index (κ3) is 4.76. The molecule has 0 heterocycles. The molecule has 0 unspecified atom stereocenters. The van der Waals surface area contributed by atoms with Gasteiger partial charge >= 0.3 is 5.97 Å². The Morgan fingerprint density at radius 1 is 1.04 bits per heavy atom. The first kappa shape index (κ1) is 18.4. The van der Waals surface area contributed by atoms with Crippen molar-refractivity contribution in [2.24, 2.45) is 0 Å². The van der Waals surface area contributed by atoms with E-state index in [-0.39, 0.29) is 12.0 Å². The lowest BCUT2D eigenvalue weighted by Crippen LogP contribution is -2.43. The predicted molar refractivity (Wildman–Crippen MR) is 86.3 cm³/mol. The monoisotopic (exact) mass is 349 g/mol. The minimum Gasteiger partial charge on any atom is -0.497 e. The molecule has 1 atom stereocenters. The molecule has 7 heteroatoms. The van der Waals surface area contributed by atoms with Crippen LogP contribution in [0.4, 0.5) is 8.78 Å². The SMILES string of the molecule is COC(=O)[C@H](Cc1ccc(OC)cc1)NC(=O)c1ccc(F)c(F)c1. The summed E-state index contributed by atoms with van der Waals surface area (Å²) < 4.78 is 36.0. The highest BCUT2D eigenvalue weighted by atomic mass is 19.2. The number of benzene rings is 2. The zero-order valence-corrected chi connectivity index (χ0v) is 13.7. The Morgan fingerprint density at radius 2 is 1.72 bits per heavy atom. The number of rotatable bonds is 6. The number of ether oxygens (including phenoxy) is 2. The zero-order chi connectivity index (χ0) is 18.4. The van der Waals surface area contributed by atoms with Gasteiger partial charge in [0.15, 0.2) is 11.6 Å². The minimum absolute atomic E-state index is 0.0949. The van der Waals surface area contributed by atoms with Gasteiger partial charge in [0.25, 0.3) is 5.91 Å². The summed E-state index contributed by atoms with van der Waals surface area (Å²) in [6, 6.07) is 8.72. The molecule has 1 N–H and O–H groups in total. The van der Waals surface area contributed by atoms with Gasteiger partial charge in [-0.25, -0.2) is 13.6 Å². The largest absolute Gasteiger partial charge is 0.497 e. The highest BCUT2D eigenvalue weighted by molar-refractivity contribution is 5.96. The topological polar surface area (TPSA) is 64.6 Å². The summed E-state index contributed by atoms with van der Waals surface area (Å²) in [4.78, 5) is 24.1. The minimum atomic E-state index is -1.14. The quantitative estimate of drug-likeness (QED) is 0.814. The molecule has 0 fully saturated rings. The average molecular weight is 349 g/mol.